The zero-order valence-electron chi connectivity index (χ0n) is 15.2. The second kappa shape index (κ2) is 7.67. The molecule has 0 spiro atoms. The Bertz CT molecular complexity index is 915. The van der Waals surface area contributed by atoms with E-state index in [1.54, 1.807) is 18.6 Å². The van der Waals surface area contributed by atoms with Crippen LogP contribution >= 0.6 is 0 Å². The molecule has 4 rings (SSSR count). The Kier molecular flexibility index (Phi) is 5.08. The molecule has 0 radical (unpaired) electrons. The molecule has 3 heterocycles. The van der Waals surface area contributed by atoms with Gasteiger partial charge in [0.1, 0.15) is 0 Å². The Hall–Kier alpha value is -2.81. The van der Waals surface area contributed by atoms with Crippen molar-refractivity contribution < 1.29 is 13.2 Å². The fourth-order valence-corrected chi connectivity index (χ4v) is 3.50. The zero-order chi connectivity index (χ0) is 19.6. The minimum absolute atomic E-state index is 0.223. The smallest absolute Gasteiger partial charge is 0.385 e. The zero-order valence-corrected chi connectivity index (χ0v) is 15.2. The topological polar surface area (TPSA) is 65.1 Å². The average Bonchev–Trinajstić information content (AvgIpc) is 2.72. The molecule has 1 saturated heterocycles. The van der Waals surface area contributed by atoms with Crippen LogP contribution in [0.1, 0.15) is 5.56 Å². The molecular formula is C19H21F3N6. The molecule has 1 aromatic heterocycles. The minimum Gasteiger partial charge on any atom is -0.385 e. The summed E-state index contributed by atoms with van der Waals surface area (Å²) in [6, 6.07) is 5.66. The van der Waals surface area contributed by atoms with E-state index in [-0.39, 0.29) is 12.2 Å². The van der Waals surface area contributed by atoms with Gasteiger partial charge >= 0.3 is 6.18 Å². The molecule has 148 valence electrons. The number of piperazine rings is 1. The highest BCUT2D eigenvalue weighted by Gasteiger charge is 2.40. The minimum atomic E-state index is -4.38. The molecule has 0 aliphatic carbocycles. The van der Waals surface area contributed by atoms with Gasteiger partial charge in [-0.15, -0.1) is 0 Å². The monoisotopic (exact) mass is 390 g/mol. The molecular weight excluding hydrogens is 369 g/mol. The average molecular weight is 390 g/mol. The van der Waals surface area contributed by atoms with Crippen molar-refractivity contribution in [2.24, 2.45) is 0 Å². The Balaban J connectivity index is 1.58. The largest absolute Gasteiger partial charge is 0.416 e. The van der Waals surface area contributed by atoms with E-state index in [1.165, 1.54) is 0 Å². The first-order valence-corrected chi connectivity index (χ1v) is 9.16. The molecule has 3 N–H and O–H groups in total. The molecule has 0 atom stereocenters. The van der Waals surface area contributed by atoms with Gasteiger partial charge < -0.3 is 20.9 Å². The SMILES string of the molecule is FC(F)(F)C1=C(N2CCNCC2)C(NCc2ccc3nccnc3c2)=CNC1. The van der Waals surface area contributed by atoms with E-state index in [2.05, 4.69) is 25.9 Å². The number of benzene rings is 1. The highest BCUT2D eigenvalue weighted by atomic mass is 19.4. The lowest BCUT2D eigenvalue weighted by molar-refractivity contribution is -0.0951. The first kappa shape index (κ1) is 18.5. The number of hydrogen-bond acceptors (Lipinski definition) is 6. The molecule has 2 aliphatic rings. The highest BCUT2D eigenvalue weighted by Crippen LogP contribution is 2.33. The van der Waals surface area contributed by atoms with Gasteiger partial charge in [-0.1, -0.05) is 6.07 Å². The van der Waals surface area contributed by atoms with Crippen molar-refractivity contribution in [3.63, 3.8) is 0 Å². The molecule has 2 aliphatic heterocycles. The number of rotatable bonds is 4. The Morgan fingerprint density at radius 2 is 1.82 bits per heavy atom. The van der Waals surface area contributed by atoms with Gasteiger partial charge in [-0.2, -0.15) is 13.2 Å². The molecule has 6 nitrogen and oxygen atoms in total. The number of alkyl halides is 3. The number of fused-ring (bicyclic) bond motifs is 1. The maximum atomic E-state index is 13.6. The summed E-state index contributed by atoms with van der Waals surface area (Å²) in [7, 11) is 0. The number of hydrogen-bond donors (Lipinski definition) is 3. The molecule has 1 fully saturated rings. The van der Waals surface area contributed by atoms with Gasteiger partial charge in [0.25, 0.3) is 0 Å². The fraction of sp³-hybridized carbons (Fsp3) is 0.368. The number of dihydropyridines is 1. The summed E-state index contributed by atoms with van der Waals surface area (Å²) in [4.78, 5) is 10.3. The second-order valence-corrected chi connectivity index (χ2v) is 6.73. The molecule has 1 aromatic carbocycles. The lowest BCUT2D eigenvalue weighted by Crippen LogP contribution is -2.47. The van der Waals surface area contributed by atoms with Crippen molar-refractivity contribution >= 4 is 11.0 Å². The highest BCUT2D eigenvalue weighted by molar-refractivity contribution is 5.74. The summed E-state index contributed by atoms with van der Waals surface area (Å²) in [5, 5.41) is 9.13. The van der Waals surface area contributed by atoms with Crippen LogP contribution in [0.3, 0.4) is 0 Å². The van der Waals surface area contributed by atoms with Gasteiger partial charge in [0, 0.05) is 57.9 Å². The quantitative estimate of drug-likeness (QED) is 0.741. The molecule has 0 saturated carbocycles. The van der Waals surface area contributed by atoms with Crippen LogP contribution in [0.5, 0.6) is 0 Å². The Morgan fingerprint density at radius 3 is 2.57 bits per heavy atom. The van der Waals surface area contributed by atoms with Crippen LogP contribution in [0.15, 0.2) is 53.8 Å². The summed E-state index contributed by atoms with van der Waals surface area (Å²) in [6.45, 7) is 2.58. The van der Waals surface area contributed by atoms with Crippen molar-refractivity contribution in [1.29, 1.82) is 0 Å². The standard InChI is InChI=1S/C19H21F3N6/c20-19(21,22)14-11-24-12-17(18(14)28-7-5-23-6-8-28)27-10-13-1-2-15-16(9-13)26-4-3-25-15/h1-4,9,12,23-24,27H,5-8,10-11H2. The lowest BCUT2D eigenvalue weighted by atomic mass is 10.1. The summed E-state index contributed by atoms with van der Waals surface area (Å²) < 4.78 is 40.9. The van der Waals surface area contributed by atoms with E-state index >= 15 is 0 Å². The third-order valence-electron chi connectivity index (χ3n) is 4.86. The fourth-order valence-electron chi connectivity index (χ4n) is 3.50. The third kappa shape index (κ3) is 3.89. The van der Waals surface area contributed by atoms with Crippen LogP contribution in [0.2, 0.25) is 0 Å². The normalized spacial score (nSPS) is 18.1. The molecule has 2 aromatic rings. The summed E-state index contributed by atoms with van der Waals surface area (Å²) in [5.74, 6) is 0. The first-order valence-electron chi connectivity index (χ1n) is 9.16. The lowest BCUT2D eigenvalue weighted by Gasteiger charge is -2.37. The van der Waals surface area contributed by atoms with Gasteiger partial charge in [0.2, 0.25) is 0 Å². The van der Waals surface area contributed by atoms with Crippen LogP contribution in [0.25, 0.3) is 11.0 Å². The van der Waals surface area contributed by atoms with E-state index in [0.717, 1.165) is 16.6 Å². The van der Waals surface area contributed by atoms with E-state index in [9.17, 15) is 13.2 Å². The van der Waals surface area contributed by atoms with Crippen LogP contribution in [-0.4, -0.2) is 53.8 Å². The van der Waals surface area contributed by atoms with Crippen molar-refractivity contribution in [1.82, 2.24) is 30.8 Å². The van der Waals surface area contributed by atoms with Crippen LogP contribution in [-0.2, 0) is 6.54 Å². The molecule has 9 heteroatoms. The van der Waals surface area contributed by atoms with Crippen LogP contribution in [0.4, 0.5) is 13.2 Å². The van der Waals surface area contributed by atoms with Gasteiger partial charge in [0.05, 0.1) is 28.0 Å². The molecule has 0 unspecified atom stereocenters. The number of nitrogens with zero attached hydrogens (tertiary/aromatic N) is 3. The maximum Gasteiger partial charge on any atom is 0.416 e. The van der Waals surface area contributed by atoms with Gasteiger partial charge in [-0.3, -0.25) is 9.97 Å². The van der Waals surface area contributed by atoms with Crippen LogP contribution in [0, 0.1) is 0 Å². The van der Waals surface area contributed by atoms with Gasteiger partial charge in [0.15, 0.2) is 0 Å². The summed E-state index contributed by atoms with van der Waals surface area (Å²) >= 11 is 0. The maximum absolute atomic E-state index is 13.6. The van der Waals surface area contributed by atoms with E-state index in [4.69, 9.17) is 0 Å². The molecule has 0 amide bonds. The van der Waals surface area contributed by atoms with Gasteiger partial charge in [-0.05, 0) is 17.7 Å². The van der Waals surface area contributed by atoms with E-state index < -0.39 is 11.7 Å². The van der Waals surface area contributed by atoms with E-state index in [0.29, 0.717) is 38.4 Å². The second-order valence-electron chi connectivity index (χ2n) is 6.73. The number of nitrogens with one attached hydrogen (secondary N) is 3. The third-order valence-corrected chi connectivity index (χ3v) is 4.86. The van der Waals surface area contributed by atoms with Gasteiger partial charge in [-0.25, -0.2) is 0 Å². The summed E-state index contributed by atoms with van der Waals surface area (Å²) in [6.07, 6.45) is 0.496. The predicted octanol–water partition coefficient (Wildman–Crippen LogP) is 1.89. The van der Waals surface area contributed by atoms with Crippen molar-refractivity contribution in [2.75, 3.05) is 32.7 Å². The Morgan fingerprint density at radius 1 is 1.07 bits per heavy atom. The van der Waals surface area contributed by atoms with E-state index in [1.807, 2.05) is 23.1 Å². The van der Waals surface area contributed by atoms with Crippen molar-refractivity contribution in [3.8, 4) is 0 Å². The first-order chi connectivity index (χ1) is 13.5. The molecule has 28 heavy (non-hydrogen) atoms. The number of halogens is 3. The van der Waals surface area contributed by atoms with Crippen molar-refractivity contribution in [3.05, 3.63) is 59.3 Å². The summed E-state index contributed by atoms with van der Waals surface area (Å²) in [5.41, 5.74) is 2.63. The van der Waals surface area contributed by atoms with Crippen LogP contribution < -0.4 is 16.0 Å². The molecule has 0 bridgehead atoms. The predicted molar refractivity (Wildman–Crippen MR) is 100.0 cm³/mol. The van der Waals surface area contributed by atoms with Crippen molar-refractivity contribution in [2.45, 2.75) is 12.7 Å². The Labute approximate surface area is 160 Å². The number of aromatic nitrogens is 2.